The molecule has 0 spiro atoms. The highest BCUT2D eigenvalue weighted by molar-refractivity contribution is 6.08. The number of benzene rings is 4. The van der Waals surface area contributed by atoms with E-state index in [1.807, 2.05) is 58.0 Å². The van der Waals surface area contributed by atoms with E-state index in [-0.39, 0.29) is 18.3 Å². The molecule has 43 heavy (non-hydrogen) atoms. The van der Waals surface area contributed by atoms with Crippen molar-refractivity contribution in [1.29, 1.82) is 0 Å². The number of aryl methyl sites for hydroxylation is 2. The van der Waals surface area contributed by atoms with Gasteiger partial charge in [0.25, 0.3) is 5.91 Å². The fourth-order valence-corrected chi connectivity index (χ4v) is 5.24. The van der Waals surface area contributed by atoms with Crippen molar-refractivity contribution in [1.82, 2.24) is 0 Å². The molecule has 8 nitrogen and oxygen atoms in total. The van der Waals surface area contributed by atoms with Crippen molar-refractivity contribution in [3.8, 4) is 28.4 Å². The first-order valence-corrected chi connectivity index (χ1v) is 13.8. The van der Waals surface area contributed by atoms with Crippen LogP contribution in [0.2, 0.25) is 0 Å². The van der Waals surface area contributed by atoms with Crippen molar-refractivity contribution in [3.63, 3.8) is 0 Å². The molecule has 1 aliphatic rings. The van der Waals surface area contributed by atoms with Crippen LogP contribution in [-0.4, -0.2) is 31.7 Å². The minimum atomic E-state index is -0.809. The van der Waals surface area contributed by atoms with E-state index in [9.17, 15) is 14.0 Å². The molecule has 0 fully saturated rings. The number of fused-ring (bicyclic) bond motifs is 1. The number of nitrogens with zero attached hydrogens (tertiary/aromatic N) is 1. The Balaban J connectivity index is 1.53. The predicted octanol–water partition coefficient (Wildman–Crippen LogP) is 7.47. The van der Waals surface area contributed by atoms with Gasteiger partial charge >= 0.3 is 6.09 Å². The van der Waals surface area contributed by atoms with E-state index in [1.54, 1.807) is 42.3 Å². The Kier molecular flexibility index (Phi) is 8.00. The predicted molar refractivity (Wildman–Crippen MR) is 166 cm³/mol. The molecule has 0 radical (unpaired) electrons. The summed E-state index contributed by atoms with van der Waals surface area (Å²) in [6, 6.07) is 20.7. The Hall–Kier alpha value is -5.05. The number of methoxy groups -OCH3 is 1. The summed E-state index contributed by atoms with van der Waals surface area (Å²) in [7, 11) is 3.26. The van der Waals surface area contributed by atoms with Gasteiger partial charge in [-0.05, 0) is 80.8 Å². The average Bonchev–Trinajstić information content (AvgIpc) is 2.96. The van der Waals surface area contributed by atoms with Crippen LogP contribution in [0.25, 0.3) is 11.1 Å². The summed E-state index contributed by atoms with van der Waals surface area (Å²) >= 11 is 0. The molecular formula is C34H34FN3O5. The van der Waals surface area contributed by atoms with E-state index in [2.05, 4.69) is 10.6 Å². The largest absolute Gasteiger partial charge is 0.496 e. The molecule has 0 atom stereocenters. The van der Waals surface area contributed by atoms with Gasteiger partial charge in [0.05, 0.1) is 18.5 Å². The zero-order chi connectivity index (χ0) is 30.9. The first-order chi connectivity index (χ1) is 20.5. The van der Waals surface area contributed by atoms with Crippen LogP contribution in [-0.2, 0) is 11.4 Å². The van der Waals surface area contributed by atoms with Crippen LogP contribution in [0.5, 0.6) is 17.2 Å². The number of likely N-dealkylation sites (N-methyl/N-ethyl adjacent to an activating group) is 1. The maximum absolute atomic E-state index is 14.1. The molecule has 1 heterocycles. The van der Waals surface area contributed by atoms with Gasteiger partial charge in [-0.3, -0.25) is 10.1 Å². The molecule has 4 aromatic rings. The van der Waals surface area contributed by atoms with E-state index < -0.39 is 17.4 Å². The molecule has 1 aliphatic heterocycles. The zero-order valence-electron chi connectivity index (χ0n) is 25.0. The molecule has 0 aromatic heterocycles. The van der Waals surface area contributed by atoms with Gasteiger partial charge in [-0.25, -0.2) is 9.18 Å². The van der Waals surface area contributed by atoms with Crippen LogP contribution in [0.15, 0.2) is 72.8 Å². The number of halogens is 1. The molecule has 0 bridgehead atoms. The summed E-state index contributed by atoms with van der Waals surface area (Å²) in [4.78, 5) is 27.5. The average molecular weight is 584 g/mol. The van der Waals surface area contributed by atoms with Crippen LogP contribution >= 0.6 is 0 Å². The monoisotopic (exact) mass is 583 g/mol. The van der Waals surface area contributed by atoms with Gasteiger partial charge in [-0.2, -0.15) is 0 Å². The number of carbonyl (C=O) groups is 2. The van der Waals surface area contributed by atoms with Crippen molar-refractivity contribution in [3.05, 3.63) is 95.3 Å². The fourth-order valence-electron chi connectivity index (χ4n) is 5.24. The summed E-state index contributed by atoms with van der Waals surface area (Å²) in [5.41, 5.74) is 5.13. The van der Waals surface area contributed by atoms with Crippen LogP contribution in [0.4, 0.5) is 26.2 Å². The Bertz CT molecular complexity index is 1720. The van der Waals surface area contributed by atoms with E-state index in [1.165, 1.54) is 19.2 Å². The quantitative estimate of drug-likeness (QED) is 0.235. The summed E-state index contributed by atoms with van der Waals surface area (Å²) in [6.45, 7) is 7.47. The normalized spacial score (nSPS) is 13.6. The molecule has 2 amide bonds. The highest BCUT2D eigenvalue weighted by atomic mass is 19.1. The second-order valence-corrected chi connectivity index (χ2v) is 11.0. The highest BCUT2D eigenvalue weighted by Gasteiger charge is 2.38. The van der Waals surface area contributed by atoms with Gasteiger partial charge in [-0.1, -0.05) is 24.3 Å². The Morgan fingerprint density at radius 1 is 0.977 bits per heavy atom. The molecule has 9 heteroatoms. The third-order valence-electron chi connectivity index (χ3n) is 7.37. The fraction of sp³-hybridized carbons (Fsp3) is 0.235. The lowest BCUT2D eigenvalue weighted by atomic mass is 9.91. The number of carbonyl (C=O) groups excluding carboxylic acids is 2. The summed E-state index contributed by atoms with van der Waals surface area (Å²) in [6.07, 6.45) is -0.637. The van der Waals surface area contributed by atoms with Gasteiger partial charge in [0, 0.05) is 36.0 Å². The third kappa shape index (κ3) is 6.11. The minimum Gasteiger partial charge on any atom is -0.496 e. The smallest absolute Gasteiger partial charge is 0.417 e. The van der Waals surface area contributed by atoms with Gasteiger partial charge in [-0.15, -0.1) is 0 Å². The highest BCUT2D eigenvalue weighted by Crippen LogP contribution is 2.45. The molecule has 0 unspecified atom stereocenters. The number of nitrogens with one attached hydrogen (secondary N) is 2. The van der Waals surface area contributed by atoms with E-state index in [0.29, 0.717) is 34.0 Å². The van der Waals surface area contributed by atoms with Crippen molar-refractivity contribution >= 4 is 29.1 Å². The standard InChI is InChI=1S/C34H34FN3O5/c1-20-8-7-9-23(16-20)36-33(40)43-24-12-13-26(30(18-24)41-6)25-14-15-28-31(38(5)32(39)34(3,4)37-28)27(25)19-42-29-17-22(35)11-10-21(29)2/h7-18,37H,19H2,1-6H3,(H,36,40). The second kappa shape index (κ2) is 11.7. The van der Waals surface area contributed by atoms with Gasteiger partial charge in [0.2, 0.25) is 0 Å². The SMILES string of the molecule is COc1cc(OC(=O)Nc2cccc(C)c2)ccc1-c1ccc2c(c1COc1cc(F)ccc1C)N(C)C(=O)C(C)(C)N2. The van der Waals surface area contributed by atoms with Gasteiger partial charge in [0.1, 0.15) is 35.2 Å². The van der Waals surface area contributed by atoms with Crippen LogP contribution in [0, 0.1) is 19.7 Å². The maximum atomic E-state index is 14.1. The van der Waals surface area contributed by atoms with Crippen molar-refractivity contribution in [2.75, 3.05) is 29.7 Å². The first-order valence-electron chi connectivity index (χ1n) is 13.8. The molecule has 0 saturated heterocycles. The topological polar surface area (TPSA) is 89.1 Å². The number of amides is 2. The van der Waals surface area contributed by atoms with E-state index >= 15 is 0 Å². The number of anilines is 3. The van der Waals surface area contributed by atoms with Crippen LogP contribution in [0.3, 0.4) is 0 Å². The Morgan fingerprint density at radius 2 is 1.74 bits per heavy atom. The lowest BCUT2D eigenvalue weighted by Gasteiger charge is -2.39. The summed E-state index contributed by atoms with van der Waals surface area (Å²) in [5, 5.41) is 6.06. The summed E-state index contributed by atoms with van der Waals surface area (Å²) in [5.74, 6) is 0.609. The molecule has 5 rings (SSSR count). The van der Waals surface area contributed by atoms with Gasteiger partial charge < -0.3 is 24.4 Å². The Labute approximate surface area is 250 Å². The molecule has 2 N–H and O–H groups in total. The molecular weight excluding hydrogens is 549 g/mol. The number of hydrogen-bond acceptors (Lipinski definition) is 6. The number of ether oxygens (including phenoxy) is 3. The lowest BCUT2D eigenvalue weighted by molar-refractivity contribution is -0.121. The van der Waals surface area contributed by atoms with Crippen molar-refractivity contribution < 1.29 is 28.2 Å². The molecule has 0 saturated carbocycles. The lowest BCUT2D eigenvalue weighted by Crippen LogP contribution is -2.52. The molecule has 4 aromatic carbocycles. The number of hydrogen-bond donors (Lipinski definition) is 2. The Morgan fingerprint density at radius 3 is 2.49 bits per heavy atom. The molecule has 222 valence electrons. The van der Waals surface area contributed by atoms with E-state index in [0.717, 1.165) is 22.4 Å². The minimum absolute atomic E-state index is 0.0445. The third-order valence-corrected chi connectivity index (χ3v) is 7.37. The van der Waals surface area contributed by atoms with Crippen LogP contribution in [0.1, 0.15) is 30.5 Å². The first kappa shape index (κ1) is 29.4. The van der Waals surface area contributed by atoms with E-state index in [4.69, 9.17) is 14.2 Å². The van der Waals surface area contributed by atoms with Crippen LogP contribution < -0.4 is 29.7 Å². The molecule has 0 aliphatic carbocycles. The van der Waals surface area contributed by atoms with Crippen molar-refractivity contribution in [2.45, 2.75) is 39.8 Å². The van der Waals surface area contributed by atoms with Gasteiger partial charge in [0.15, 0.2) is 0 Å². The zero-order valence-corrected chi connectivity index (χ0v) is 25.0. The van der Waals surface area contributed by atoms with Crippen molar-refractivity contribution in [2.24, 2.45) is 0 Å². The summed E-state index contributed by atoms with van der Waals surface area (Å²) < 4.78 is 31.5. The maximum Gasteiger partial charge on any atom is 0.417 e. The second-order valence-electron chi connectivity index (χ2n) is 11.0. The number of rotatable bonds is 7.